The smallest absolute Gasteiger partial charge is 0.338 e. The van der Waals surface area contributed by atoms with Gasteiger partial charge in [0.05, 0.1) is 7.11 Å². The Bertz CT molecular complexity index is 375. The maximum Gasteiger partial charge on any atom is 0.338 e. The molecular formula is C10H18N4O3. The van der Waals surface area contributed by atoms with Crippen molar-refractivity contribution in [2.24, 2.45) is 7.05 Å². The molecule has 0 amide bonds. The van der Waals surface area contributed by atoms with Gasteiger partial charge in [-0.3, -0.25) is 4.68 Å². The van der Waals surface area contributed by atoms with Crippen molar-refractivity contribution in [1.82, 2.24) is 20.1 Å². The summed E-state index contributed by atoms with van der Waals surface area (Å²) >= 11 is 0. The van der Waals surface area contributed by atoms with Crippen LogP contribution in [0.5, 0.6) is 0 Å². The zero-order chi connectivity index (χ0) is 12.9. The minimum absolute atomic E-state index is 0.131. The summed E-state index contributed by atoms with van der Waals surface area (Å²) in [6.07, 6.45) is 2.26. The van der Waals surface area contributed by atoms with Crippen LogP contribution in [0.15, 0.2) is 6.33 Å². The molecular weight excluding hydrogens is 224 g/mol. The number of esters is 1. The van der Waals surface area contributed by atoms with E-state index in [0.717, 1.165) is 5.82 Å². The van der Waals surface area contributed by atoms with Crippen LogP contribution in [-0.2, 0) is 23.0 Å². The van der Waals surface area contributed by atoms with Crippen molar-refractivity contribution in [3.8, 4) is 0 Å². The van der Waals surface area contributed by atoms with Gasteiger partial charge in [-0.1, -0.05) is 0 Å². The third-order valence-corrected chi connectivity index (χ3v) is 2.27. The van der Waals surface area contributed by atoms with Crippen LogP contribution in [0.25, 0.3) is 0 Å². The molecule has 2 N–H and O–H groups in total. The molecule has 0 saturated carbocycles. The lowest BCUT2D eigenvalue weighted by molar-refractivity contribution is -0.159. The van der Waals surface area contributed by atoms with Crippen molar-refractivity contribution in [1.29, 1.82) is 0 Å². The van der Waals surface area contributed by atoms with Crippen molar-refractivity contribution >= 4 is 5.97 Å². The largest absolute Gasteiger partial charge is 0.467 e. The van der Waals surface area contributed by atoms with Gasteiger partial charge in [-0.25, -0.2) is 9.78 Å². The minimum atomic E-state index is -1.51. The molecule has 1 aromatic rings. The van der Waals surface area contributed by atoms with Crippen LogP contribution in [0.1, 0.15) is 12.7 Å². The number of aromatic nitrogens is 3. The first-order valence-corrected chi connectivity index (χ1v) is 5.32. The van der Waals surface area contributed by atoms with Gasteiger partial charge in [0.2, 0.25) is 0 Å². The molecule has 1 unspecified atom stereocenters. The quantitative estimate of drug-likeness (QED) is 0.485. The highest BCUT2D eigenvalue weighted by Crippen LogP contribution is 2.03. The second kappa shape index (κ2) is 5.74. The molecule has 1 atom stereocenters. The number of carbonyl (C=O) groups is 1. The first kappa shape index (κ1) is 13.6. The Morgan fingerprint density at radius 3 is 2.94 bits per heavy atom. The van der Waals surface area contributed by atoms with E-state index in [1.165, 1.54) is 14.0 Å². The number of rotatable bonds is 6. The van der Waals surface area contributed by atoms with Gasteiger partial charge in [0.15, 0.2) is 11.4 Å². The molecule has 7 nitrogen and oxygen atoms in total. The van der Waals surface area contributed by atoms with Gasteiger partial charge >= 0.3 is 5.97 Å². The van der Waals surface area contributed by atoms with E-state index in [9.17, 15) is 9.90 Å². The molecule has 96 valence electrons. The Hall–Kier alpha value is -1.47. The van der Waals surface area contributed by atoms with Gasteiger partial charge in [-0.2, -0.15) is 5.10 Å². The van der Waals surface area contributed by atoms with E-state index < -0.39 is 11.6 Å². The lowest BCUT2D eigenvalue weighted by atomic mass is 10.1. The van der Waals surface area contributed by atoms with Crippen LogP contribution in [0.2, 0.25) is 0 Å². The Balaban J connectivity index is 2.26. The third-order valence-electron chi connectivity index (χ3n) is 2.27. The number of aryl methyl sites for hydroxylation is 1. The molecule has 1 rings (SSSR count). The predicted octanol–water partition coefficient (Wildman–Crippen LogP) is -1.13. The first-order chi connectivity index (χ1) is 7.95. The zero-order valence-corrected chi connectivity index (χ0v) is 10.3. The first-order valence-electron chi connectivity index (χ1n) is 5.32. The highest BCUT2D eigenvalue weighted by molar-refractivity contribution is 5.78. The lowest BCUT2D eigenvalue weighted by Gasteiger charge is -2.20. The zero-order valence-electron chi connectivity index (χ0n) is 10.3. The summed E-state index contributed by atoms with van der Waals surface area (Å²) in [7, 11) is 3.04. The number of aliphatic hydroxyl groups is 1. The number of methoxy groups -OCH3 is 1. The summed E-state index contributed by atoms with van der Waals surface area (Å²) in [5, 5.41) is 16.8. The summed E-state index contributed by atoms with van der Waals surface area (Å²) in [6.45, 7) is 2.12. The van der Waals surface area contributed by atoms with Crippen molar-refractivity contribution in [2.45, 2.75) is 18.9 Å². The molecule has 0 aromatic carbocycles. The van der Waals surface area contributed by atoms with Crippen LogP contribution >= 0.6 is 0 Å². The van der Waals surface area contributed by atoms with E-state index in [1.807, 2.05) is 0 Å². The molecule has 7 heteroatoms. The van der Waals surface area contributed by atoms with E-state index >= 15 is 0 Å². The molecule has 0 saturated heterocycles. The highest BCUT2D eigenvalue weighted by Gasteiger charge is 2.30. The summed E-state index contributed by atoms with van der Waals surface area (Å²) in [6, 6.07) is 0. The third kappa shape index (κ3) is 4.12. The normalized spacial score (nSPS) is 14.4. The second-order valence-electron chi connectivity index (χ2n) is 4.03. The number of carbonyl (C=O) groups excluding carboxylic acids is 1. The average Bonchev–Trinajstić information content (AvgIpc) is 2.69. The molecule has 0 aliphatic carbocycles. The van der Waals surface area contributed by atoms with E-state index in [-0.39, 0.29) is 6.54 Å². The van der Waals surface area contributed by atoms with Crippen LogP contribution in [0.3, 0.4) is 0 Å². The molecule has 0 fully saturated rings. The van der Waals surface area contributed by atoms with Crippen molar-refractivity contribution < 1.29 is 14.6 Å². The molecule has 1 aromatic heterocycles. The molecule has 0 spiro atoms. The van der Waals surface area contributed by atoms with Gasteiger partial charge < -0.3 is 15.2 Å². The topological polar surface area (TPSA) is 89.3 Å². The van der Waals surface area contributed by atoms with Crippen molar-refractivity contribution in [2.75, 3.05) is 20.2 Å². The molecule has 0 aliphatic rings. The maximum absolute atomic E-state index is 11.2. The summed E-state index contributed by atoms with van der Waals surface area (Å²) < 4.78 is 6.10. The Morgan fingerprint density at radius 2 is 2.41 bits per heavy atom. The maximum atomic E-state index is 11.2. The predicted molar refractivity (Wildman–Crippen MR) is 60.2 cm³/mol. The fourth-order valence-electron chi connectivity index (χ4n) is 1.32. The van der Waals surface area contributed by atoms with E-state index in [0.29, 0.717) is 13.0 Å². The number of ether oxygens (including phenoxy) is 1. The Labute approximate surface area is 99.8 Å². The standard InChI is InChI=1S/C10H18N4O3/c1-10(16,9(15)17-3)6-11-5-4-8-12-7-14(2)13-8/h7,11,16H,4-6H2,1-3H3. The Kier molecular flexibility index (Phi) is 4.59. The minimum Gasteiger partial charge on any atom is -0.467 e. The highest BCUT2D eigenvalue weighted by atomic mass is 16.5. The number of nitrogens with one attached hydrogen (secondary N) is 1. The summed E-state index contributed by atoms with van der Waals surface area (Å²) in [5.41, 5.74) is -1.51. The van der Waals surface area contributed by atoms with Crippen molar-refractivity contribution in [3.63, 3.8) is 0 Å². The van der Waals surface area contributed by atoms with Crippen LogP contribution < -0.4 is 5.32 Å². The van der Waals surface area contributed by atoms with Crippen LogP contribution in [-0.4, -0.2) is 51.6 Å². The summed E-state index contributed by atoms with van der Waals surface area (Å²) in [4.78, 5) is 15.2. The number of hydrogen-bond donors (Lipinski definition) is 2. The SMILES string of the molecule is COC(=O)C(C)(O)CNCCc1ncn(C)n1. The molecule has 1 heterocycles. The number of hydrogen-bond acceptors (Lipinski definition) is 6. The molecule has 0 radical (unpaired) electrons. The van der Waals surface area contributed by atoms with E-state index in [2.05, 4.69) is 20.1 Å². The van der Waals surface area contributed by atoms with Gasteiger partial charge in [0.25, 0.3) is 0 Å². The lowest BCUT2D eigenvalue weighted by Crippen LogP contribution is -2.46. The van der Waals surface area contributed by atoms with Gasteiger partial charge in [0, 0.05) is 26.6 Å². The van der Waals surface area contributed by atoms with E-state index in [4.69, 9.17) is 0 Å². The fraction of sp³-hybridized carbons (Fsp3) is 0.700. The Morgan fingerprint density at radius 1 is 1.71 bits per heavy atom. The van der Waals surface area contributed by atoms with Gasteiger partial charge in [-0.15, -0.1) is 0 Å². The van der Waals surface area contributed by atoms with Gasteiger partial charge in [0.1, 0.15) is 6.33 Å². The summed E-state index contributed by atoms with van der Waals surface area (Å²) in [5.74, 6) is 0.0682. The molecule has 17 heavy (non-hydrogen) atoms. The van der Waals surface area contributed by atoms with Gasteiger partial charge in [-0.05, 0) is 6.92 Å². The van der Waals surface area contributed by atoms with Crippen LogP contribution in [0.4, 0.5) is 0 Å². The van der Waals surface area contributed by atoms with Crippen molar-refractivity contribution in [3.05, 3.63) is 12.2 Å². The van der Waals surface area contributed by atoms with Crippen LogP contribution in [0, 0.1) is 0 Å². The number of nitrogens with zero attached hydrogens (tertiary/aromatic N) is 3. The second-order valence-corrected chi connectivity index (χ2v) is 4.03. The average molecular weight is 242 g/mol. The molecule has 0 aliphatic heterocycles. The molecule has 0 bridgehead atoms. The fourth-order valence-corrected chi connectivity index (χ4v) is 1.32. The van der Waals surface area contributed by atoms with E-state index in [1.54, 1.807) is 18.1 Å². The monoisotopic (exact) mass is 242 g/mol.